The molecule has 35 heavy (non-hydrogen) atoms. The molecule has 2 saturated heterocycles. The Labute approximate surface area is 207 Å². The first-order valence-electron chi connectivity index (χ1n) is 13.1. The molecule has 2 aliphatic heterocycles. The van der Waals surface area contributed by atoms with Crippen molar-refractivity contribution < 1.29 is 54.7 Å². The highest BCUT2D eigenvalue weighted by Crippen LogP contribution is 2.29. The molecule has 7 N–H and O–H groups in total. The van der Waals surface area contributed by atoms with Crippen LogP contribution in [0.3, 0.4) is 0 Å². The smallest absolute Gasteiger partial charge is 0.187 e. The molecule has 0 aromatic carbocycles. The van der Waals surface area contributed by atoms with E-state index >= 15 is 0 Å². The Balaban J connectivity index is 1.74. The van der Waals surface area contributed by atoms with Crippen LogP contribution in [0.25, 0.3) is 0 Å². The van der Waals surface area contributed by atoms with E-state index in [1.165, 1.54) is 44.9 Å². The van der Waals surface area contributed by atoms with Crippen LogP contribution in [-0.4, -0.2) is 117 Å². The maximum absolute atomic E-state index is 10.6. The van der Waals surface area contributed by atoms with Crippen molar-refractivity contribution in [1.82, 2.24) is 0 Å². The van der Waals surface area contributed by atoms with Crippen molar-refractivity contribution >= 4 is 0 Å². The highest BCUT2D eigenvalue weighted by Gasteiger charge is 2.50. The van der Waals surface area contributed by atoms with Gasteiger partial charge in [0.1, 0.15) is 48.8 Å². The largest absolute Gasteiger partial charge is 0.394 e. The molecule has 2 rings (SSSR count). The van der Waals surface area contributed by atoms with Crippen molar-refractivity contribution in [2.24, 2.45) is 0 Å². The zero-order valence-electron chi connectivity index (χ0n) is 20.7. The van der Waals surface area contributed by atoms with Gasteiger partial charge >= 0.3 is 0 Å². The summed E-state index contributed by atoms with van der Waals surface area (Å²) in [6, 6.07) is 0. The number of aliphatic hydroxyl groups is 7. The predicted octanol–water partition coefficient (Wildman–Crippen LogP) is -0.452. The average Bonchev–Trinajstić information content (AvgIpc) is 2.86. The lowest BCUT2D eigenvalue weighted by molar-refractivity contribution is -0.359. The lowest BCUT2D eigenvalue weighted by Gasteiger charge is -2.45. The minimum absolute atomic E-state index is 0.321. The minimum atomic E-state index is -1.69. The van der Waals surface area contributed by atoms with Gasteiger partial charge in [-0.3, -0.25) is 0 Å². The van der Waals surface area contributed by atoms with Crippen LogP contribution in [0, 0.1) is 0 Å². The summed E-state index contributed by atoms with van der Waals surface area (Å²) in [6.07, 6.45) is -2.63. The normalized spacial score (nSPS) is 38.1. The van der Waals surface area contributed by atoms with E-state index in [0.717, 1.165) is 19.3 Å². The molecule has 11 heteroatoms. The summed E-state index contributed by atoms with van der Waals surface area (Å²) in [7, 11) is 0. The van der Waals surface area contributed by atoms with Gasteiger partial charge in [-0.25, -0.2) is 0 Å². The van der Waals surface area contributed by atoms with E-state index < -0.39 is 74.6 Å². The van der Waals surface area contributed by atoms with E-state index in [1.807, 2.05) is 0 Å². The molecule has 2 aliphatic rings. The lowest BCUT2D eigenvalue weighted by Crippen LogP contribution is -2.64. The first-order valence-corrected chi connectivity index (χ1v) is 13.1. The lowest BCUT2D eigenvalue weighted by atomic mass is 9.97. The fourth-order valence-electron chi connectivity index (χ4n) is 4.48. The third-order valence-corrected chi connectivity index (χ3v) is 6.74. The molecule has 10 atom stereocenters. The van der Waals surface area contributed by atoms with Gasteiger partial charge in [-0.05, 0) is 6.42 Å². The molecule has 0 unspecified atom stereocenters. The highest BCUT2D eigenvalue weighted by molar-refractivity contribution is 4.94. The number of aliphatic hydroxyl groups excluding tert-OH is 7. The second kappa shape index (κ2) is 16.4. The molecule has 11 nitrogen and oxygen atoms in total. The maximum atomic E-state index is 10.6. The predicted molar refractivity (Wildman–Crippen MR) is 124 cm³/mol. The summed E-state index contributed by atoms with van der Waals surface area (Å²) in [6.45, 7) is 1.31. The van der Waals surface area contributed by atoms with Crippen LogP contribution in [0.15, 0.2) is 0 Å². The zero-order chi connectivity index (χ0) is 25.8. The second-order valence-corrected chi connectivity index (χ2v) is 9.56. The Morgan fingerprint density at radius 2 is 1.09 bits per heavy atom. The molecule has 208 valence electrons. The zero-order valence-corrected chi connectivity index (χ0v) is 20.7. The summed E-state index contributed by atoms with van der Waals surface area (Å²) in [5.74, 6) is 0. The highest BCUT2D eigenvalue weighted by atomic mass is 16.7. The van der Waals surface area contributed by atoms with Crippen LogP contribution in [-0.2, 0) is 18.9 Å². The number of hydrogen-bond acceptors (Lipinski definition) is 11. The summed E-state index contributed by atoms with van der Waals surface area (Å²) in [4.78, 5) is 0. The van der Waals surface area contributed by atoms with Crippen LogP contribution < -0.4 is 0 Å². The molecule has 0 amide bonds. The third-order valence-electron chi connectivity index (χ3n) is 6.74. The molecule has 0 spiro atoms. The van der Waals surface area contributed by atoms with Crippen LogP contribution >= 0.6 is 0 Å². The summed E-state index contributed by atoms with van der Waals surface area (Å²) >= 11 is 0. The standard InChI is InChI=1S/C24H46O11/c1-2-3-4-5-6-7-8-9-10-11-12-32-23-21(31)19(29)22(16(14-26)34-23)35-24-20(30)18(28)17(27)15(13-25)33-24/h15-31H,2-14H2,1H3/t15-,16-,17-,18+,19-,20-,21-,22-,23-,24-/m1/s1. The van der Waals surface area contributed by atoms with Crippen LogP contribution in [0.5, 0.6) is 0 Å². The van der Waals surface area contributed by atoms with Crippen LogP contribution in [0.2, 0.25) is 0 Å². The van der Waals surface area contributed by atoms with Crippen molar-refractivity contribution in [3.05, 3.63) is 0 Å². The molecule has 0 aliphatic carbocycles. The van der Waals surface area contributed by atoms with E-state index in [1.54, 1.807) is 0 Å². The Bertz CT molecular complexity index is 550. The molecule has 2 fully saturated rings. The monoisotopic (exact) mass is 510 g/mol. The Morgan fingerprint density at radius 3 is 1.66 bits per heavy atom. The van der Waals surface area contributed by atoms with Crippen molar-refractivity contribution in [3.8, 4) is 0 Å². The van der Waals surface area contributed by atoms with Crippen molar-refractivity contribution in [2.75, 3.05) is 19.8 Å². The number of rotatable bonds is 16. The van der Waals surface area contributed by atoms with Crippen LogP contribution in [0.1, 0.15) is 71.1 Å². The van der Waals surface area contributed by atoms with Gasteiger partial charge < -0.3 is 54.7 Å². The van der Waals surface area contributed by atoms with Crippen LogP contribution in [0.4, 0.5) is 0 Å². The van der Waals surface area contributed by atoms with Gasteiger partial charge in [-0.2, -0.15) is 0 Å². The van der Waals surface area contributed by atoms with Gasteiger partial charge in [0.2, 0.25) is 0 Å². The maximum Gasteiger partial charge on any atom is 0.187 e. The van der Waals surface area contributed by atoms with E-state index in [0.29, 0.717) is 6.61 Å². The molecule has 0 aromatic heterocycles. The SMILES string of the molecule is CCCCCCCCCCCCO[C@@H]1O[C@H](CO)[C@@H](O[C@H]2O[C@H](CO)[C@@H](O)[C@H](O)[C@H]2O)[C@H](O)[C@H]1O. The van der Waals surface area contributed by atoms with E-state index in [4.69, 9.17) is 18.9 Å². The summed E-state index contributed by atoms with van der Waals surface area (Å²) in [5, 5.41) is 70.1. The molecule has 2 heterocycles. The van der Waals surface area contributed by atoms with Gasteiger partial charge in [0.05, 0.1) is 13.2 Å². The second-order valence-electron chi connectivity index (χ2n) is 9.56. The van der Waals surface area contributed by atoms with Gasteiger partial charge in [0.25, 0.3) is 0 Å². The minimum Gasteiger partial charge on any atom is -0.394 e. The van der Waals surface area contributed by atoms with E-state index in [-0.39, 0.29) is 0 Å². The molecule has 0 bridgehead atoms. The summed E-state index contributed by atoms with van der Waals surface area (Å²) in [5.41, 5.74) is 0. The molecular weight excluding hydrogens is 464 g/mol. The Hall–Kier alpha value is -0.440. The molecule has 0 saturated carbocycles. The number of ether oxygens (including phenoxy) is 4. The van der Waals surface area contributed by atoms with E-state index in [9.17, 15) is 35.7 Å². The molecule has 0 radical (unpaired) electrons. The van der Waals surface area contributed by atoms with Crippen molar-refractivity contribution in [1.29, 1.82) is 0 Å². The fourth-order valence-corrected chi connectivity index (χ4v) is 4.48. The van der Waals surface area contributed by atoms with Crippen molar-refractivity contribution in [2.45, 2.75) is 133 Å². The Kier molecular flexibility index (Phi) is 14.4. The van der Waals surface area contributed by atoms with Gasteiger partial charge in [-0.15, -0.1) is 0 Å². The van der Waals surface area contributed by atoms with E-state index in [2.05, 4.69) is 6.92 Å². The first-order chi connectivity index (χ1) is 16.8. The average molecular weight is 511 g/mol. The van der Waals surface area contributed by atoms with Gasteiger partial charge in [0.15, 0.2) is 12.6 Å². The fraction of sp³-hybridized carbons (Fsp3) is 1.00. The molecular formula is C24H46O11. The topological polar surface area (TPSA) is 179 Å². The summed E-state index contributed by atoms with van der Waals surface area (Å²) < 4.78 is 22.0. The number of unbranched alkanes of at least 4 members (excludes halogenated alkanes) is 9. The first kappa shape index (κ1) is 30.8. The van der Waals surface area contributed by atoms with Gasteiger partial charge in [-0.1, -0.05) is 64.7 Å². The number of hydrogen-bond donors (Lipinski definition) is 7. The van der Waals surface area contributed by atoms with Gasteiger partial charge in [0, 0.05) is 6.61 Å². The molecule has 0 aromatic rings. The third kappa shape index (κ3) is 9.11. The van der Waals surface area contributed by atoms with Crippen molar-refractivity contribution in [3.63, 3.8) is 0 Å². The quantitative estimate of drug-likeness (QED) is 0.134. The Morgan fingerprint density at radius 1 is 0.571 bits per heavy atom.